The van der Waals surface area contributed by atoms with Gasteiger partial charge in [0.05, 0.1) is 17.9 Å². The van der Waals surface area contributed by atoms with Crippen LogP contribution in [0.4, 0.5) is 5.69 Å². The summed E-state index contributed by atoms with van der Waals surface area (Å²) in [6.07, 6.45) is 1.67. The minimum absolute atomic E-state index is 0.479. The summed E-state index contributed by atoms with van der Waals surface area (Å²) in [7, 11) is 0. The first-order valence-corrected chi connectivity index (χ1v) is 7.43. The predicted octanol–water partition coefficient (Wildman–Crippen LogP) is 4.47. The van der Waals surface area contributed by atoms with E-state index in [1.165, 1.54) is 0 Å². The molecule has 3 aromatic rings. The number of benzene rings is 1. The molecular weight excluding hydrogens is 290 g/mol. The van der Waals surface area contributed by atoms with E-state index >= 15 is 0 Å². The van der Waals surface area contributed by atoms with Crippen molar-refractivity contribution >= 4 is 28.6 Å². The van der Waals surface area contributed by atoms with Crippen LogP contribution in [0, 0.1) is 0 Å². The fraction of sp³-hybridized carbons (Fsp3) is 0.0667. The molecule has 5 heteroatoms. The van der Waals surface area contributed by atoms with Gasteiger partial charge in [-0.05, 0) is 12.1 Å². The van der Waals surface area contributed by atoms with Crippen LogP contribution in [0.15, 0.2) is 54.0 Å². The van der Waals surface area contributed by atoms with Crippen molar-refractivity contribution in [1.29, 1.82) is 0 Å². The highest BCUT2D eigenvalue weighted by Gasteiger charge is 2.05. The van der Waals surface area contributed by atoms with Crippen molar-refractivity contribution in [3.8, 4) is 11.3 Å². The highest BCUT2D eigenvalue weighted by atomic mass is 35.5. The lowest BCUT2D eigenvalue weighted by atomic mass is 10.2. The largest absolute Gasteiger partial charge is 0.376 e. The van der Waals surface area contributed by atoms with Crippen LogP contribution in [0.2, 0.25) is 5.15 Å². The average molecular weight is 302 g/mol. The summed E-state index contributed by atoms with van der Waals surface area (Å²) in [4.78, 5) is 8.65. The van der Waals surface area contributed by atoms with E-state index in [0.717, 1.165) is 22.0 Å². The molecule has 0 aliphatic rings. The van der Waals surface area contributed by atoms with Crippen molar-refractivity contribution in [1.82, 2.24) is 9.97 Å². The van der Waals surface area contributed by atoms with Gasteiger partial charge in [-0.3, -0.25) is 0 Å². The van der Waals surface area contributed by atoms with E-state index in [1.54, 1.807) is 17.5 Å². The fourth-order valence-corrected chi connectivity index (χ4v) is 2.75. The summed E-state index contributed by atoms with van der Waals surface area (Å²) >= 11 is 7.63. The molecule has 20 heavy (non-hydrogen) atoms. The maximum atomic E-state index is 6.00. The molecule has 0 aliphatic carbocycles. The Kier molecular flexibility index (Phi) is 3.95. The van der Waals surface area contributed by atoms with E-state index in [-0.39, 0.29) is 0 Å². The first kappa shape index (κ1) is 13.1. The summed E-state index contributed by atoms with van der Waals surface area (Å²) < 4.78 is 0. The zero-order chi connectivity index (χ0) is 13.8. The molecule has 0 fully saturated rings. The van der Waals surface area contributed by atoms with Gasteiger partial charge >= 0.3 is 0 Å². The van der Waals surface area contributed by atoms with E-state index in [1.807, 2.05) is 30.3 Å². The third-order valence-electron chi connectivity index (χ3n) is 2.81. The molecule has 0 atom stereocenters. The number of rotatable bonds is 4. The molecule has 1 aromatic carbocycles. The highest BCUT2D eigenvalue weighted by molar-refractivity contribution is 7.09. The molecule has 0 saturated heterocycles. The van der Waals surface area contributed by atoms with E-state index in [9.17, 15) is 0 Å². The second-order valence-corrected chi connectivity index (χ2v) is 5.49. The summed E-state index contributed by atoms with van der Waals surface area (Å²) in [5.74, 6) is 0. The average Bonchev–Trinajstić information content (AvgIpc) is 2.96. The normalized spacial score (nSPS) is 10.4. The van der Waals surface area contributed by atoms with Gasteiger partial charge in [0.15, 0.2) is 5.15 Å². The molecule has 3 nitrogen and oxygen atoms in total. The predicted molar refractivity (Wildman–Crippen MR) is 84.1 cm³/mol. The van der Waals surface area contributed by atoms with Gasteiger partial charge in [0, 0.05) is 17.1 Å². The Morgan fingerprint density at radius 1 is 1.10 bits per heavy atom. The Hall–Kier alpha value is -1.91. The Balaban J connectivity index is 1.71. The van der Waals surface area contributed by atoms with Crippen LogP contribution in [0.5, 0.6) is 0 Å². The Bertz CT molecular complexity index is 697. The number of anilines is 1. The van der Waals surface area contributed by atoms with Crippen molar-refractivity contribution in [3.05, 3.63) is 64.2 Å². The van der Waals surface area contributed by atoms with Crippen LogP contribution in [-0.4, -0.2) is 9.97 Å². The lowest BCUT2D eigenvalue weighted by molar-refractivity contribution is 1.10. The van der Waals surface area contributed by atoms with Gasteiger partial charge in [0.2, 0.25) is 0 Å². The summed E-state index contributed by atoms with van der Waals surface area (Å²) in [5.41, 5.74) is 2.96. The van der Waals surface area contributed by atoms with Crippen molar-refractivity contribution in [3.63, 3.8) is 0 Å². The van der Waals surface area contributed by atoms with E-state index in [0.29, 0.717) is 11.7 Å². The number of halogens is 1. The maximum absolute atomic E-state index is 6.00. The Morgan fingerprint density at radius 3 is 2.75 bits per heavy atom. The quantitative estimate of drug-likeness (QED) is 0.722. The standard InChI is InChI=1S/C15H12ClN3S/c16-15-12(7-4-8-17-15)18-9-14-19-13(10-20-14)11-5-2-1-3-6-11/h1-8,10,18H,9H2. The molecule has 0 amide bonds. The third kappa shape index (κ3) is 2.98. The van der Waals surface area contributed by atoms with Crippen molar-refractivity contribution in [2.75, 3.05) is 5.32 Å². The first-order chi connectivity index (χ1) is 9.83. The van der Waals surface area contributed by atoms with Crippen LogP contribution in [0.1, 0.15) is 5.01 Å². The monoisotopic (exact) mass is 301 g/mol. The second kappa shape index (κ2) is 6.03. The molecule has 0 aliphatic heterocycles. The molecule has 2 aromatic heterocycles. The zero-order valence-electron chi connectivity index (χ0n) is 10.6. The smallest absolute Gasteiger partial charge is 0.152 e. The summed E-state index contributed by atoms with van der Waals surface area (Å²) in [6.45, 7) is 0.642. The second-order valence-electron chi connectivity index (χ2n) is 4.19. The molecule has 2 heterocycles. The molecule has 0 spiro atoms. The third-order valence-corrected chi connectivity index (χ3v) is 3.96. The minimum Gasteiger partial charge on any atom is -0.376 e. The van der Waals surface area contributed by atoms with Crippen molar-refractivity contribution in [2.24, 2.45) is 0 Å². The molecule has 0 radical (unpaired) electrons. The molecular formula is C15H12ClN3S. The van der Waals surface area contributed by atoms with Crippen LogP contribution >= 0.6 is 22.9 Å². The van der Waals surface area contributed by atoms with Gasteiger partial charge in [-0.1, -0.05) is 41.9 Å². The van der Waals surface area contributed by atoms with Crippen LogP contribution in [-0.2, 0) is 6.54 Å². The number of thiazole rings is 1. The van der Waals surface area contributed by atoms with Crippen LogP contribution < -0.4 is 5.32 Å². The fourth-order valence-electron chi connectivity index (χ4n) is 1.82. The SMILES string of the molecule is Clc1ncccc1NCc1nc(-c2ccccc2)cs1. The van der Waals surface area contributed by atoms with Gasteiger partial charge in [-0.15, -0.1) is 11.3 Å². The Morgan fingerprint density at radius 2 is 1.95 bits per heavy atom. The van der Waals surface area contributed by atoms with Gasteiger partial charge in [0.1, 0.15) is 5.01 Å². The van der Waals surface area contributed by atoms with E-state index in [2.05, 4.69) is 32.8 Å². The van der Waals surface area contributed by atoms with Crippen LogP contribution in [0.3, 0.4) is 0 Å². The molecule has 1 N–H and O–H groups in total. The lowest BCUT2D eigenvalue weighted by Gasteiger charge is -2.04. The molecule has 3 rings (SSSR count). The topological polar surface area (TPSA) is 37.8 Å². The number of hydrogen-bond acceptors (Lipinski definition) is 4. The number of nitrogens with zero attached hydrogens (tertiary/aromatic N) is 2. The maximum Gasteiger partial charge on any atom is 0.152 e. The van der Waals surface area contributed by atoms with Gasteiger partial charge in [0.25, 0.3) is 0 Å². The lowest BCUT2D eigenvalue weighted by Crippen LogP contribution is -2.00. The van der Waals surface area contributed by atoms with Crippen molar-refractivity contribution in [2.45, 2.75) is 6.54 Å². The highest BCUT2D eigenvalue weighted by Crippen LogP contribution is 2.23. The minimum atomic E-state index is 0.479. The van der Waals surface area contributed by atoms with E-state index in [4.69, 9.17) is 11.6 Å². The molecule has 100 valence electrons. The summed E-state index contributed by atoms with van der Waals surface area (Å²) in [5, 5.41) is 6.81. The Labute approximate surface area is 126 Å². The van der Waals surface area contributed by atoms with Crippen molar-refractivity contribution < 1.29 is 0 Å². The number of pyridine rings is 1. The van der Waals surface area contributed by atoms with E-state index < -0.39 is 0 Å². The number of hydrogen-bond donors (Lipinski definition) is 1. The molecule has 0 saturated carbocycles. The van der Waals surface area contributed by atoms with Crippen LogP contribution in [0.25, 0.3) is 11.3 Å². The zero-order valence-corrected chi connectivity index (χ0v) is 12.2. The first-order valence-electron chi connectivity index (χ1n) is 6.17. The van der Waals surface area contributed by atoms with Gasteiger partial charge in [-0.2, -0.15) is 0 Å². The van der Waals surface area contributed by atoms with Gasteiger partial charge < -0.3 is 5.32 Å². The number of nitrogens with one attached hydrogen (secondary N) is 1. The van der Waals surface area contributed by atoms with Gasteiger partial charge in [-0.25, -0.2) is 9.97 Å². The summed E-state index contributed by atoms with van der Waals surface area (Å²) in [6, 6.07) is 13.9. The molecule has 0 unspecified atom stereocenters. The molecule has 0 bridgehead atoms. The number of aromatic nitrogens is 2.